The number of hydrogen-bond acceptors (Lipinski definition) is 4. The van der Waals surface area contributed by atoms with Gasteiger partial charge < -0.3 is 9.64 Å². The Balaban J connectivity index is 1.72. The average molecular weight is 583 g/mol. The Bertz CT molecular complexity index is 1520. The Morgan fingerprint density at radius 2 is 1.76 bits per heavy atom. The summed E-state index contributed by atoms with van der Waals surface area (Å²) in [7, 11) is 2.77. The van der Waals surface area contributed by atoms with Gasteiger partial charge in [0.2, 0.25) is 0 Å². The third-order valence-electron chi connectivity index (χ3n) is 5.97. The quantitative estimate of drug-likeness (QED) is 0.300. The zero-order chi connectivity index (χ0) is 30.1. The van der Waals surface area contributed by atoms with Gasteiger partial charge in [-0.15, -0.1) is 0 Å². The minimum atomic E-state index is -5.41. The minimum absolute atomic E-state index is 0.0223. The normalized spacial score (nSPS) is 13.7. The van der Waals surface area contributed by atoms with Crippen molar-refractivity contribution in [3.63, 3.8) is 0 Å². The van der Waals surface area contributed by atoms with E-state index in [0.29, 0.717) is 16.5 Å². The van der Waals surface area contributed by atoms with Crippen molar-refractivity contribution in [3.8, 4) is 17.6 Å². The number of rotatable bonds is 4. The predicted molar refractivity (Wildman–Crippen MR) is 132 cm³/mol. The Hall–Kier alpha value is -4.74. The molecule has 41 heavy (non-hydrogen) atoms. The number of carbonyl (C=O) groups is 2. The van der Waals surface area contributed by atoms with Crippen LogP contribution in [0.2, 0.25) is 0 Å². The van der Waals surface area contributed by atoms with Crippen LogP contribution >= 0.6 is 0 Å². The second-order valence-corrected chi connectivity index (χ2v) is 8.83. The number of urea groups is 1. The molecule has 2 heterocycles. The molecule has 1 aliphatic heterocycles. The number of anilines is 2. The number of halogens is 7. The smallest absolute Gasteiger partial charge is 0.407 e. The highest BCUT2D eigenvalue weighted by Gasteiger charge is 2.44. The number of aromatic nitrogens is 2. The molecule has 0 radical (unpaired) electrons. The Kier molecular flexibility index (Phi) is 7.87. The van der Waals surface area contributed by atoms with E-state index in [-0.39, 0.29) is 31.4 Å². The zero-order valence-corrected chi connectivity index (χ0v) is 21.3. The van der Waals surface area contributed by atoms with Crippen molar-refractivity contribution >= 4 is 23.5 Å². The molecular formula is C26H20F7N5O3. The van der Waals surface area contributed by atoms with E-state index in [1.54, 1.807) is 13.2 Å². The standard InChI is InChI=1S/C26H20F7N5O3/c1-35-15-16(14-34-35)4-3-9-37-10-11-38(23(37)39)21-13-17(25(28,29)30)12-20(26(31,32)33)22(21)41-24(40)36(2)19-7-5-18(27)6-8-19/h5-8,12-15H,9-11H2,1-2H3. The van der Waals surface area contributed by atoms with Crippen molar-refractivity contribution in [2.75, 3.05) is 36.5 Å². The number of alkyl halides is 6. The lowest BCUT2D eigenvalue weighted by Crippen LogP contribution is -2.34. The third-order valence-corrected chi connectivity index (χ3v) is 5.97. The van der Waals surface area contributed by atoms with Crippen LogP contribution in [0.5, 0.6) is 5.75 Å². The van der Waals surface area contributed by atoms with E-state index in [9.17, 15) is 40.3 Å². The summed E-state index contributed by atoms with van der Waals surface area (Å²) in [4.78, 5) is 28.5. The van der Waals surface area contributed by atoms with Crippen LogP contribution < -0.4 is 14.5 Å². The molecule has 0 atom stereocenters. The van der Waals surface area contributed by atoms with Gasteiger partial charge in [-0.2, -0.15) is 31.4 Å². The molecule has 15 heteroatoms. The predicted octanol–water partition coefficient (Wildman–Crippen LogP) is 5.53. The first-order valence-corrected chi connectivity index (χ1v) is 11.7. The number of nitrogens with zero attached hydrogens (tertiary/aromatic N) is 5. The van der Waals surface area contributed by atoms with Crippen molar-refractivity contribution in [3.05, 3.63) is 71.3 Å². The number of hydrogen-bond donors (Lipinski definition) is 0. The van der Waals surface area contributed by atoms with Gasteiger partial charge in [0.15, 0.2) is 5.75 Å². The molecule has 0 unspecified atom stereocenters. The number of amides is 3. The highest BCUT2D eigenvalue weighted by molar-refractivity contribution is 5.98. The fraction of sp³-hybridized carbons (Fsp3) is 0.269. The van der Waals surface area contributed by atoms with Crippen molar-refractivity contribution in [1.29, 1.82) is 0 Å². The largest absolute Gasteiger partial charge is 0.420 e. The highest BCUT2D eigenvalue weighted by Crippen LogP contribution is 2.47. The average Bonchev–Trinajstić information content (AvgIpc) is 3.47. The van der Waals surface area contributed by atoms with Crippen LogP contribution in [0.3, 0.4) is 0 Å². The number of aryl methyl sites for hydroxylation is 1. The summed E-state index contributed by atoms with van der Waals surface area (Å²) in [6, 6.07) is 3.44. The summed E-state index contributed by atoms with van der Waals surface area (Å²) in [6.07, 6.45) is -8.97. The van der Waals surface area contributed by atoms with Gasteiger partial charge in [-0.1, -0.05) is 11.8 Å². The van der Waals surface area contributed by atoms with Crippen LogP contribution in [0.4, 0.5) is 51.7 Å². The molecule has 1 fully saturated rings. The molecule has 1 aromatic heterocycles. The maximum Gasteiger partial charge on any atom is 0.420 e. The number of carbonyl (C=O) groups excluding carboxylic acids is 2. The molecule has 0 bridgehead atoms. The number of benzene rings is 2. The molecular weight excluding hydrogens is 563 g/mol. The van der Waals surface area contributed by atoms with Crippen LogP contribution in [0.1, 0.15) is 16.7 Å². The molecule has 4 rings (SSSR count). The van der Waals surface area contributed by atoms with Gasteiger partial charge in [0.25, 0.3) is 0 Å². The molecule has 3 aromatic rings. The third kappa shape index (κ3) is 6.53. The molecule has 1 aliphatic rings. The Morgan fingerprint density at radius 1 is 1.07 bits per heavy atom. The van der Waals surface area contributed by atoms with Crippen LogP contribution in [-0.2, 0) is 19.4 Å². The van der Waals surface area contributed by atoms with Gasteiger partial charge in [0.1, 0.15) is 11.4 Å². The molecule has 0 saturated carbocycles. The first kappa shape index (κ1) is 29.2. The summed E-state index contributed by atoms with van der Waals surface area (Å²) in [5, 5.41) is 3.94. The SMILES string of the molecule is CN(C(=O)Oc1c(N2CCN(CC#Cc3cnn(C)c3)C2=O)cc(C(F)(F)F)cc1C(F)(F)F)c1ccc(F)cc1. The van der Waals surface area contributed by atoms with Gasteiger partial charge in [-0.25, -0.2) is 14.0 Å². The van der Waals surface area contributed by atoms with E-state index in [2.05, 4.69) is 16.9 Å². The van der Waals surface area contributed by atoms with E-state index in [0.717, 1.165) is 41.1 Å². The van der Waals surface area contributed by atoms with Gasteiger partial charge >= 0.3 is 24.5 Å². The summed E-state index contributed by atoms with van der Waals surface area (Å²) < 4.78 is 103. The molecule has 2 aromatic carbocycles. The lowest BCUT2D eigenvalue weighted by molar-refractivity contribution is -0.143. The first-order chi connectivity index (χ1) is 19.1. The van der Waals surface area contributed by atoms with Crippen molar-refractivity contribution in [2.45, 2.75) is 12.4 Å². The topological polar surface area (TPSA) is 70.9 Å². The molecule has 0 spiro atoms. The van der Waals surface area contributed by atoms with Crippen LogP contribution in [0.15, 0.2) is 48.8 Å². The van der Waals surface area contributed by atoms with Crippen molar-refractivity contribution in [1.82, 2.24) is 14.7 Å². The lowest BCUT2D eigenvalue weighted by atomic mass is 10.1. The zero-order valence-electron chi connectivity index (χ0n) is 21.3. The van der Waals surface area contributed by atoms with Gasteiger partial charge in [0.05, 0.1) is 29.6 Å². The monoisotopic (exact) mass is 583 g/mol. The molecule has 0 N–H and O–H groups in total. The summed E-state index contributed by atoms with van der Waals surface area (Å²) >= 11 is 0. The van der Waals surface area contributed by atoms with E-state index in [4.69, 9.17) is 4.74 Å². The van der Waals surface area contributed by atoms with Crippen LogP contribution in [0, 0.1) is 17.7 Å². The van der Waals surface area contributed by atoms with Crippen LogP contribution in [-0.4, -0.2) is 53.5 Å². The Morgan fingerprint density at radius 3 is 2.34 bits per heavy atom. The summed E-state index contributed by atoms with van der Waals surface area (Å²) in [6.45, 7) is -0.580. The maximum absolute atomic E-state index is 14.1. The summed E-state index contributed by atoms with van der Waals surface area (Å²) in [5.74, 6) is 3.52. The minimum Gasteiger partial charge on any atom is -0.407 e. The van der Waals surface area contributed by atoms with E-state index in [1.165, 1.54) is 10.9 Å². The fourth-order valence-electron chi connectivity index (χ4n) is 3.90. The summed E-state index contributed by atoms with van der Waals surface area (Å²) in [5.41, 5.74) is -3.96. The maximum atomic E-state index is 14.1. The second kappa shape index (κ2) is 11.0. The Labute approximate surface area is 228 Å². The van der Waals surface area contributed by atoms with Crippen LogP contribution in [0.25, 0.3) is 0 Å². The second-order valence-electron chi connectivity index (χ2n) is 8.83. The van der Waals surface area contributed by atoms with E-state index >= 15 is 0 Å². The van der Waals surface area contributed by atoms with Gasteiger partial charge in [-0.3, -0.25) is 14.5 Å². The van der Waals surface area contributed by atoms with E-state index < -0.39 is 52.9 Å². The molecule has 0 aliphatic carbocycles. The molecule has 8 nitrogen and oxygen atoms in total. The first-order valence-electron chi connectivity index (χ1n) is 11.7. The lowest BCUT2D eigenvalue weighted by Gasteiger charge is -2.25. The van der Waals surface area contributed by atoms with Crippen molar-refractivity contribution < 1.29 is 45.1 Å². The molecule has 216 valence electrons. The van der Waals surface area contributed by atoms with Gasteiger partial charge in [0, 0.05) is 39.1 Å². The molecule has 3 amide bonds. The fourth-order valence-corrected chi connectivity index (χ4v) is 3.90. The molecule has 1 saturated heterocycles. The van der Waals surface area contributed by atoms with Gasteiger partial charge in [-0.05, 0) is 36.4 Å². The van der Waals surface area contributed by atoms with Crippen molar-refractivity contribution in [2.24, 2.45) is 7.05 Å². The number of ether oxygens (including phenoxy) is 1. The van der Waals surface area contributed by atoms with E-state index in [1.807, 2.05) is 0 Å². The highest BCUT2D eigenvalue weighted by atomic mass is 19.4.